The summed E-state index contributed by atoms with van der Waals surface area (Å²) in [5.74, 6) is 1.05. The quantitative estimate of drug-likeness (QED) is 0.700. The van der Waals surface area contributed by atoms with E-state index in [-0.39, 0.29) is 5.41 Å². The van der Waals surface area contributed by atoms with Crippen molar-refractivity contribution in [3.05, 3.63) is 18.2 Å². The van der Waals surface area contributed by atoms with Crippen LogP contribution in [0.4, 0.5) is 0 Å². The number of ether oxygens (including phenoxy) is 1. The zero-order valence-electron chi connectivity index (χ0n) is 7.86. The molecule has 0 saturated carbocycles. The van der Waals surface area contributed by atoms with Gasteiger partial charge in [0, 0.05) is 32.6 Å². The summed E-state index contributed by atoms with van der Waals surface area (Å²) in [5, 5.41) is 0. The molecule has 2 heterocycles. The maximum absolute atomic E-state index is 5.80. The van der Waals surface area contributed by atoms with Crippen LogP contribution in [0.5, 0.6) is 0 Å². The maximum Gasteiger partial charge on any atom is 0.118 e. The standard InChI is InChI=1S/C9H15N3O/c1-12-4-3-11-8(12)9(6-10)2-5-13-7-9/h3-4H,2,5-7,10H2,1H3. The smallest absolute Gasteiger partial charge is 0.118 e. The van der Waals surface area contributed by atoms with Gasteiger partial charge in [0.25, 0.3) is 0 Å². The lowest BCUT2D eigenvalue weighted by atomic mass is 9.86. The van der Waals surface area contributed by atoms with Gasteiger partial charge in [-0.05, 0) is 6.42 Å². The van der Waals surface area contributed by atoms with Crippen LogP contribution in [0, 0.1) is 0 Å². The Morgan fingerprint density at radius 1 is 1.77 bits per heavy atom. The molecule has 13 heavy (non-hydrogen) atoms. The molecule has 4 nitrogen and oxygen atoms in total. The van der Waals surface area contributed by atoms with Crippen LogP contribution in [0.2, 0.25) is 0 Å². The maximum atomic E-state index is 5.80. The highest BCUT2D eigenvalue weighted by molar-refractivity contribution is 5.13. The second kappa shape index (κ2) is 3.12. The summed E-state index contributed by atoms with van der Waals surface area (Å²) >= 11 is 0. The van der Waals surface area contributed by atoms with E-state index in [0.29, 0.717) is 13.2 Å². The van der Waals surface area contributed by atoms with Gasteiger partial charge in [-0.25, -0.2) is 4.98 Å². The van der Waals surface area contributed by atoms with E-state index in [9.17, 15) is 0 Å². The van der Waals surface area contributed by atoms with Crippen LogP contribution >= 0.6 is 0 Å². The van der Waals surface area contributed by atoms with Crippen molar-refractivity contribution < 1.29 is 4.74 Å². The van der Waals surface area contributed by atoms with Crippen LogP contribution in [-0.2, 0) is 17.2 Å². The van der Waals surface area contributed by atoms with Gasteiger partial charge in [0.1, 0.15) is 5.82 Å². The van der Waals surface area contributed by atoms with E-state index in [1.54, 1.807) is 0 Å². The molecule has 4 heteroatoms. The molecule has 1 atom stereocenters. The topological polar surface area (TPSA) is 53.1 Å². The minimum Gasteiger partial charge on any atom is -0.380 e. The van der Waals surface area contributed by atoms with Gasteiger partial charge in [-0.2, -0.15) is 0 Å². The fourth-order valence-electron chi connectivity index (χ4n) is 1.91. The largest absolute Gasteiger partial charge is 0.380 e. The molecule has 0 aliphatic carbocycles. The molecule has 1 aromatic rings. The summed E-state index contributed by atoms with van der Waals surface area (Å²) in [6.45, 7) is 2.11. The second-order valence-electron chi connectivity index (χ2n) is 3.65. The fourth-order valence-corrected chi connectivity index (χ4v) is 1.91. The molecule has 0 spiro atoms. The lowest BCUT2D eigenvalue weighted by molar-refractivity contribution is 0.175. The third-order valence-electron chi connectivity index (χ3n) is 2.79. The zero-order valence-corrected chi connectivity index (χ0v) is 7.86. The van der Waals surface area contributed by atoms with Gasteiger partial charge in [-0.15, -0.1) is 0 Å². The van der Waals surface area contributed by atoms with Crippen molar-refractivity contribution in [1.82, 2.24) is 9.55 Å². The van der Waals surface area contributed by atoms with Crippen molar-refractivity contribution >= 4 is 0 Å². The van der Waals surface area contributed by atoms with Gasteiger partial charge in [-0.1, -0.05) is 0 Å². The van der Waals surface area contributed by atoms with Gasteiger partial charge in [-0.3, -0.25) is 0 Å². The number of imidazole rings is 1. The molecule has 1 aliphatic rings. The Balaban J connectivity index is 2.36. The van der Waals surface area contributed by atoms with E-state index >= 15 is 0 Å². The molecular weight excluding hydrogens is 166 g/mol. The molecule has 1 aromatic heterocycles. The Kier molecular flexibility index (Phi) is 2.09. The van der Waals surface area contributed by atoms with Crippen molar-refractivity contribution in [2.75, 3.05) is 19.8 Å². The number of nitrogens with zero attached hydrogens (tertiary/aromatic N) is 2. The Bertz CT molecular complexity index is 289. The van der Waals surface area contributed by atoms with Crippen molar-refractivity contribution in [1.29, 1.82) is 0 Å². The van der Waals surface area contributed by atoms with E-state index < -0.39 is 0 Å². The monoisotopic (exact) mass is 181 g/mol. The first-order chi connectivity index (χ1) is 6.28. The van der Waals surface area contributed by atoms with Crippen molar-refractivity contribution in [3.8, 4) is 0 Å². The number of hydrogen-bond acceptors (Lipinski definition) is 3. The molecule has 0 amide bonds. The molecule has 0 bridgehead atoms. The average molecular weight is 181 g/mol. The Labute approximate surface area is 77.7 Å². The Morgan fingerprint density at radius 3 is 3.08 bits per heavy atom. The van der Waals surface area contributed by atoms with Crippen LogP contribution in [0.3, 0.4) is 0 Å². The fraction of sp³-hybridized carbons (Fsp3) is 0.667. The Morgan fingerprint density at radius 2 is 2.62 bits per heavy atom. The van der Waals surface area contributed by atoms with E-state index in [2.05, 4.69) is 4.98 Å². The van der Waals surface area contributed by atoms with Crippen molar-refractivity contribution in [2.24, 2.45) is 12.8 Å². The lowest BCUT2D eigenvalue weighted by Gasteiger charge is -2.24. The average Bonchev–Trinajstić information content (AvgIpc) is 2.73. The molecule has 2 N–H and O–H groups in total. The molecule has 0 aromatic carbocycles. The zero-order chi connectivity index (χ0) is 9.31. The predicted octanol–water partition coefficient (Wildman–Crippen LogP) is 0.0369. The van der Waals surface area contributed by atoms with Gasteiger partial charge >= 0.3 is 0 Å². The molecular formula is C9H15N3O. The van der Waals surface area contributed by atoms with Crippen LogP contribution in [0.15, 0.2) is 12.4 Å². The van der Waals surface area contributed by atoms with Gasteiger partial charge in [0.2, 0.25) is 0 Å². The summed E-state index contributed by atoms with van der Waals surface area (Å²) in [5.41, 5.74) is 5.75. The molecule has 1 aliphatic heterocycles. The second-order valence-corrected chi connectivity index (χ2v) is 3.65. The highest BCUT2D eigenvalue weighted by atomic mass is 16.5. The summed E-state index contributed by atoms with van der Waals surface area (Å²) in [6, 6.07) is 0. The third kappa shape index (κ3) is 1.26. The summed E-state index contributed by atoms with van der Waals surface area (Å²) in [7, 11) is 2.00. The number of aryl methyl sites for hydroxylation is 1. The van der Waals surface area contributed by atoms with Gasteiger partial charge in [0.15, 0.2) is 0 Å². The molecule has 0 radical (unpaired) electrons. The third-order valence-corrected chi connectivity index (χ3v) is 2.79. The highest BCUT2D eigenvalue weighted by Crippen LogP contribution is 2.30. The minimum absolute atomic E-state index is 0.0434. The molecule has 2 rings (SSSR count). The van der Waals surface area contributed by atoms with Gasteiger partial charge in [0.05, 0.1) is 12.0 Å². The molecule has 1 unspecified atom stereocenters. The predicted molar refractivity (Wildman–Crippen MR) is 49.4 cm³/mol. The Hall–Kier alpha value is -0.870. The van der Waals surface area contributed by atoms with Crippen LogP contribution in [0.25, 0.3) is 0 Å². The van der Waals surface area contributed by atoms with E-state index in [1.165, 1.54) is 0 Å². The number of nitrogens with two attached hydrogens (primary N) is 1. The first kappa shape index (κ1) is 8.72. The van der Waals surface area contributed by atoms with Crippen molar-refractivity contribution in [3.63, 3.8) is 0 Å². The molecule has 72 valence electrons. The van der Waals surface area contributed by atoms with E-state index in [0.717, 1.165) is 18.9 Å². The van der Waals surface area contributed by atoms with E-state index in [1.807, 2.05) is 24.0 Å². The first-order valence-electron chi connectivity index (χ1n) is 4.54. The summed E-state index contributed by atoms with van der Waals surface area (Å²) in [6.07, 6.45) is 4.74. The number of rotatable bonds is 2. The first-order valence-corrected chi connectivity index (χ1v) is 4.54. The van der Waals surface area contributed by atoms with E-state index in [4.69, 9.17) is 10.5 Å². The SMILES string of the molecule is Cn1ccnc1C1(CN)CCOC1. The minimum atomic E-state index is -0.0434. The normalized spacial score (nSPS) is 28.2. The number of hydrogen-bond donors (Lipinski definition) is 1. The highest BCUT2D eigenvalue weighted by Gasteiger charge is 2.38. The van der Waals surface area contributed by atoms with Crippen molar-refractivity contribution in [2.45, 2.75) is 11.8 Å². The van der Waals surface area contributed by atoms with Crippen LogP contribution in [0.1, 0.15) is 12.2 Å². The van der Waals surface area contributed by atoms with Crippen LogP contribution in [-0.4, -0.2) is 29.3 Å². The van der Waals surface area contributed by atoms with Gasteiger partial charge < -0.3 is 15.0 Å². The van der Waals surface area contributed by atoms with Crippen LogP contribution < -0.4 is 5.73 Å². The summed E-state index contributed by atoms with van der Waals surface area (Å²) < 4.78 is 7.43. The summed E-state index contributed by atoms with van der Waals surface area (Å²) in [4.78, 5) is 4.34. The molecule has 1 saturated heterocycles. The lowest BCUT2D eigenvalue weighted by Crippen LogP contribution is -2.38. The number of aromatic nitrogens is 2. The molecule has 1 fully saturated rings.